The number of aryl methyl sites for hydroxylation is 3. The number of benzene rings is 3. The van der Waals surface area contributed by atoms with Crippen LogP contribution in [-0.2, 0) is 25.9 Å². The third-order valence-electron chi connectivity index (χ3n) is 6.92. The fraction of sp³-hybridized carbons (Fsp3) is 0.143. The van der Waals surface area contributed by atoms with Gasteiger partial charge in [-0.1, -0.05) is 12.1 Å². The van der Waals surface area contributed by atoms with Crippen molar-refractivity contribution >= 4 is 28.0 Å². The summed E-state index contributed by atoms with van der Waals surface area (Å²) in [5, 5.41) is 0. The number of esters is 1. The standard InChI is InChI=1S/C28H23FN6O3/c1-32-15-30-14-25(32)26-31-21-12-17(16-5-8-19(20(29)11-16)27(36)38-4)6-9-22(21)35(26)18-7-10-23-24(13-18)34(3)28(37)33(23)2/h5-15H,1-4H3. The van der Waals surface area contributed by atoms with Crippen LogP contribution in [0.15, 0.2) is 71.9 Å². The van der Waals surface area contributed by atoms with Gasteiger partial charge in [0.05, 0.1) is 47.3 Å². The van der Waals surface area contributed by atoms with E-state index in [1.54, 1.807) is 41.8 Å². The van der Waals surface area contributed by atoms with E-state index in [-0.39, 0.29) is 11.3 Å². The number of ether oxygens (including phenoxy) is 1. The van der Waals surface area contributed by atoms with Crippen molar-refractivity contribution in [1.82, 2.24) is 28.2 Å². The number of hydrogen-bond acceptors (Lipinski definition) is 5. The Morgan fingerprint density at radius 1 is 0.895 bits per heavy atom. The van der Waals surface area contributed by atoms with Gasteiger partial charge in [-0.25, -0.2) is 23.9 Å². The van der Waals surface area contributed by atoms with Gasteiger partial charge in [0, 0.05) is 26.8 Å². The molecule has 9 nitrogen and oxygen atoms in total. The second-order valence-corrected chi connectivity index (χ2v) is 9.12. The summed E-state index contributed by atoms with van der Waals surface area (Å²) in [4.78, 5) is 33.5. The van der Waals surface area contributed by atoms with Crippen LogP contribution in [0.25, 0.3) is 50.4 Å². The molecule has 0 aliphatic rings. The Morgan fingerprint density at radius 3 is 2.32 bits per heavy atom. The molecule has 0 amide bonds. The van der Waals surface area contributed by atoms with Crippen LogP contribution in [-0.4, -0.2) is 41.3 Å². The van der Waals surface area contributed by atoms with Crippen molar-refractivity contribution in [2.24, 2.45) is 21.1 Å². The predicted octanol–water partition coefficient (Wildman–Crippen LogP) is 4.21. The van der Waals surface area contributed by atoms with Crippen molar-refractivity contribution in [2.75, 3.05) is 7.11 Å². The molecule has 0 saturated heterocycles. The van der Waals surface area contributed by atoms with Crippen LogP contribution in [0.1, 0.15) is 10.4 Å². The molecule has 0 spiro atoms. The third kappa shape index (κ3) is 3.45. The highest BCUT2D eigenvalue weighted by atomic mass is 19.1. The highest BCUT2D eigenvalue weighted by molar-refractivity contribution is 5.91. The minimum absolute atomic E-state index is 0.102. The maximum absolute atomic E-state index is 14.6. The third-order valence-corrected chi connectivity index (χ3v) is 6.92. The van der Waals surface area contributed by atoms with E-state index in [9.17, 15) is 14.0 Å². The minimum atomic E-state index is -0.725. The lowest BCUT2D eigenvalue weighted by molar-refractivity contribution is 0.0595. The molecule has 0 N–H and O–H groups in total. The molecule has 38 heavy (non-hydrogen) atoms. The highest BCUT2D eigenvalue weighted by Gasteiger charge is 2.19. The number of rotatable bonds is 4. The van der Waals surface area contributed by atoms with E-state index in [0.29, 0.717) is 16.9 Å². The van der Waals surface area contributed by atoms with Gasteiger partial charge in [0.15, 0.2) is 5.82 Å². The van der Waals surface area contributed by atoms with Crippen molar-refractivity contribution in [3.05, 3.63) is 89.0 Å². The molecule has 3 aromatic heterocycles. The number of carbonyl (C=O) groups excluding carboxylic acids is 1. The van der Waals surface area contributed by atoms with Gasteiger partial charge in [0.2, 0.25) is 0 Å². The normalized spacial score (nSPS) is 11.5. The number of imidazole rings is 3. The molecule has 3 aromatic carbocycles. The van der Waals surface area contributed by atoms with Gasteiger partial charge in [0.25, 0.3) is 0 Å². The van der Waals surface area contributed by atoms with Crippen LogP contribution in [0.5, 0.6) is 0 Å². The topological polar surface area (TPSA) is 88.9 Å². The Morgan fingerprint density at radius 2 is 1.61 bits per heavy atom. The zero-order valence-electron chi connectivity index (χ0n) is 21.1. The zero-order chi connectivity index (χ0) is 26.7. The maximum atomic E-state index is 14.6. The van der Waals surface area contributed by atoms with Gasteiger partial charge in [-0.2, -0.15) is 0 Å². The lowest BCUT2D eigenvalue weighted by Gasteiger charge is -2.11. The van der Waals surface area contributed by atoms with Gasteiger partial charge in [-0.05, 0) is 53.6 Å². The number of methoxy groups -OCH3 is 1. The fourth-order valence-electron chi connectivity index (χ4n) is 4.87. The van der Waals surface area contributed by atoms with E-state index in [2.05, 4.69) is 9.72 Å². The Hall–Kier alpha value is -4.99. The number of halogens is 1. The summed E-state index contributed by atoms with van der Waals surface area (Å²) in [5.41, 5.74) is 5.91. The number of fused-ring (bicyclic) bond motifs is 2. The summed E-state index contributed by atoms with van der Waals surface area (Å²) in [5.74, 6) is -0.709. The Balaban J connectivity index is 1.56. The molecule has 0 saturated carbocycles. The largest absolute Gasteiger partial charge is 0.465 e. The lowest BCUT2D eigenvalue weighted by atomic mass is 10.0. The van der Waals surface area contributed by atoms with Crippen molar-refractivity contribution in [3.63, 3.8) is 0 Å². The second kappa shape index (κ2) is 8.55. The molecule has 0 bridgehead atoms. The molecule has 190 valence electrons. The molecular weight excluding hydrogens is 487 g/mol. The first-order valence-corrected chi connectivity index (χ1v) is 11.8. The molecule has 0 atom stereocenters. The first-order valence-electron chi connectivity index (χ1n) is 11.8. The van der Waals surface area contributed by atoms with E-state index in [1.165, 1.54) is 19.2 Å². The summed E-state index contributed by atoms with van der Waals surface area (Å²) in [6, 6.07) is 16.0. The zero-order valence-corrected chi connectivity index (χ0v) is 21.1. The Labute approximate surface area is 216 Å². The monoisotopic (exact) mass is 510 g/mol. The average molecular weight is 511 g/mol. The summed E-state index contributed by atoms with van der Waals surface area (Å²) in [7, 11) is 6.61. The van der Waals surface area contributed by atoms with Crippen LogP contribution in [0.4, 0.5) is 4.39 Å². The number of carbonyl (C=O) groups is 1. The molecule has 0 radical (unpaired) electrons. The molecular formula is C28H23FN6O3. The molecule has 0 aliphatic heterocycles. The first-order chi connectivity index (χ1) is 18.3. The summed E-state index contributed by atoms with van der Waals surface area (Å²) < 4.78 is 26.4. The van der Waals surface area contributed by atoms with E-state index >= 15 is 0 Å². The number of hydrogen-bond donors (Lipinski definition) is 0. The maximum Gasteiger partial charge on any atom is 0.340 e. The first kappa shape index (κ1) is 23.4. The minimum Gasteiger partial charge on any atom is -0.465 e. The molecule has 6 rings (SSSR count). The van der Waals surface area contributed by atoms with Gasteiger partial charge in [-0.15, -0.1) is 0 Å². The van der Waals surface area contributed by atoms with Crippen LogP contribution in [0.3, 0.4) is 0 Å². The second-order valence-electron chi connectivity index (χ2n) is 9.12. The number of nitrogens with zero attached hydrogens (tertiary/aromatic N) is 6. The smallest absolute Gasteiger partial charge is 0.340 e. The molecule has 0 fully saturated rings. The summed E-state index contributed by atoms with van der Waals surface area (Å²) in [6.45, 7) is 0. The van der Waals surface area contributed by atoms with Crippen LogP contribution in [0.2, 0.25) is 0 Å². The fourth-order valence-corrected chi connectivity index (χ4v) is 4.87. The lowest BCUT2D eigenvalue weighted by Crippen LogP contribution is -2.19. The van der Waals surface area contributed by atoms with Crippen LogP contribution in [0, 0.1) is 5.82 Å². The van der Waals surface area contributed by atoms with Crippen LogP contribution >= 0.6 is 0 Å². The van der Waals surface area contributed by atoms with Gasteiger partial charge < -0.3 is 9.30 Å². The quantitative estimate of drug-likeness (QED) is 0.332. The summed E-state index contributed by atoms with van der Waals surface area (Å²) >= 11 is 0. The van der Waals surface area contributed by atoms with Crippen molar-refractivity contribution in [2.45, 2.75) is 0 Å². The molecule has 3 heterocycles. The predicted molar refractivity (Wildman–Crippen MR) is 142 cm³/mol. The van der Waals surface area contributed by atoms with Gasteiger partial charge in [0.1, 0.15) is 11.5 Å². The molecule has 0 unspecified atom stereocenters. The molecule has 0 aliphatic carbocycles. The van der Waals surface area contributed by atoms with Crippen molar-refractivity contribution in [1.29, 1.82) is 0 Å². The number of aromatic nitrogens is 6. The average Bonchev–Trinajstić information content (AvgIpc) is 3.58. The van der Waals surface area contributed by atoms with Crippen molar-refractivity contribution < 1.29 is 13.9 Å². The van der Waals surface area contributed by atoms with Crippen LogP contribution < -0.4 is 5.69 Å². The van der Waals surface area contributed by atoms with Crippen molar-refractivity contribution in [3.8, 4) is 28.3 Å². The van der Waals surface area contributed by atoms with E-state index in [4.69, 9.17) is 4.98 Å². The Bertz CT molecular complexity index is 1960. The molecule has 6 aromatic rings. The highest BCUT2D eigenvalue weighted by Crippen LogP contribution is 2.32. The Kier molecular flexibility index (Phi) is 5.27. The van der Waals surface area contributed by atoms with E-state index in [1.807, 2.05) is 52.6 Å². The van der Waals surface area contributed by atoms with Gasteiger partial charge in [-0.3, -0.25) is 13.7 Å². The van der Waals surface area contributed by atoms with E-state index in [0.717, 1.165) is 33.5 Å². The van der Waals surface area contributed by atoms with Gasteiger partial charge >= 0.3 is 11.7 Å². The SMILES string of the molecule is COC(=O)c1ccc(-c2ccc3c(c2)nc(-c2cncn2C)n3-c2ccc3c(c2)n(C)c(=O)n3C)cc1F. The summed E-state index contributed by atoms with van der Waals surface area (Å²) in [6.07, 6.45) is 3.45. The van der Waals surface area contributed by atoms with E-state index < -0.39 is 11.8 Å². The molecule has 10 heteroatoms.